The maximum atomic E-state index is 13.9. The van der Waals surface area contributed by atoms with Gasteiger partial charge in [-0.15, -0.1) is 0 Å². The van der Waals surface area contributed by atoms with Gasteiger partial charge in [0.25, 0.3) is 5.91 Å². The molecule has 4 aromatic rings. The summed E-state index contributed by atoms with van der Waals surface area (Å²) in [6.45, 7) is 4.01. The summed E-state index contributed by atoms with van der Waals surface area (Å²) >= 11 is 6.50. The summed E-state index contributed by atoms with van der Waals surface area (Å²) < 4.78 is 40.1. The van der Waals surface area contributed by atoms with Crippen LogP contribution in [0.5, 0.6) is 0 Å². The molecular weight excluding hydrogens is 549 g/mol. The largest absolute Gasteiger partial charge is 0.278 e. The van der Waals surface area contributed by atoms with Gasteiger partial charge in [0.2, 0.25) is 10.0 Å². The molecule has 0 unspecified atom stereocenters. The second-order valence-electron chi connectivity index (χ2n) is 9.45. The normalized spacial score (nSPS) is 12.6. The highest BCUT2D eigenvalue weighted by molar-refractivity contribution is 7.90. The molecule has 208 valence electrons. The lowest BCUT2D eigenvalue weighted by atomic mass is 9.87. The van der Waals surface area contributed by atoms with Gasteiger partial charge in [0, 0.05) is 11.5 Å². The quantitative estimate of drug-likeness (QED) is 0.110. The van der Waals surface area contributed by atoms with Gasteiger partial charge in [0.1, 0.15) is 5.82 Å². The fourth-order valence-electron chi connectivity index (χ4n) is 4.56. The molecule has 0 saturated carbocycles. The maximum Gasteiger partial charge on any atom is 0.257 e. The first kappa shape index (κ1) is 29.2. The molecule has 1 amide bonds. The lowest BCUT2D eigenvalue weighted by Crippen LogP contribution is -2.31. The number of aromatic amines is 1. The Bertz CT molecular complexity index is 1680. The van der Waals surface area contributed by atoms with Crippen LogP contribution in [-0.4, -0.2) is 30.3 Å². The standard InChI is InChI=1S/C31H31ClFN3O3S/c1-3-5-6-17-40(38,39)36-30(37)16-9-21-7-10-22(11-8-21)31(23-12-15-29-24(18-23)20-34-35-29)26(4-2)27-14-13-25(33)19-28(27)32/h7-16,18-20H,3-6,17H2,1-2H3,(H,34,35)(H,36,37)/b16-9+,31-26?. The summed E-state index contributed by atoms with van der Waals surface area (Å²) in [4.78, 5) is 12.2. The van der Waals surface area contributed by atoms with Gasteiger partial charge >= 0.3 is 0 Å². The fraction of sp³-hybridized carbons (Fsp3) is 0.226. The number of fused-ring (bicyclic) bond motifs is 1. The van der Waals surface area contributed by atoms with Crippen molar-refractivity contribution in [3.05, 3.63) is 106 Å². The van der Waals surface area contributed by atoms with Gasteiger partial charge < -0.3 is 0 Å². The lowest BCUT2D eigenvalue weighted by Gasteiger charge is -2.18. The number of H-pyrrole nitrogens is 1. The first-order valence-corrected chi connectivity index (χ1v) is 15.2. The number of halogens is 2. The van der Waals surface area contributed by atoms with E-state index in [0.29, 0.717) is 17.9 Å². The van der Waals surface area contributed by atoms with E-state index in [-0.39, 0.29) is 5.75 Å². The van der Waals surface area contributed by atoms with E-state index in [2.05, 4.69) is 14.9 Å². The van der Waals surface area contributed by atoms with Crippen molar-refractivity contribution in [3.63, 3.8) is 0 Å². The lowest BCUT2D eigenvalue weighted by molar-refractivity contribution is -0.114. The zero-order chi connectivity index (χ0) is 28.7. The van der Waals surface area contributed by atoms with Gasteiger partial charge in [0.05, 0.1) is 22.5 Å². The molecule has 0 aliphatic heterocycles. The molecule has 0 spiro atoms. The number of allylic oxidation sites excluding steroid dienone is 1. The fourth-order valence-corrected chi connectivity index (χ4v) is 5.90. The summed E-state index contributed by atoms with van der Waals surface area (Å²) in [6, 6.07) is 18.0. The van der Waals surface area contributed by atoms with Gasteiger partial charge in [-0.2, -0.15) is 5.10 Å². The van der Waals surface area contributed by atoms with Crippen LogP contribution in [0.1, 0.15) is 61.8 Å². The Morgan fingerprint density at radius 3 is 2.48 bits per heavy atom. The number of carbonyl (C=O) groups excluding carboxylic acids is 1. The molecule has 9 heteroatoms. The zero-order valence-corrected chi connectivity index (χ0v) is 23.9. The first-order valence-electron chi connectivity index (χ1n) is 13.2. The van der Waals surface area contributed by atoms with Crippen molar-refractivity contribution >= 4 is 55.7 Å². The van der Waals surface area contributed by atoms with E-state index in [1.54, 1.807) is 18.3 Å². The molecule has 6 nitrogen and oxygen atoms in total. The minimum Gasteiger partial charge on any atom is -0.278 e. The summed E-state index contributed by atoms with van der Waals surface area (Å²) in [5.41, 5.74) is 6.11. The molecule has 2 N–H and O–H groups in total. The van der Waals surface area contributed by atoms with Gasteiger partial charge in [-0.05, 0) is 76.6 Å². The Morgan fingerprint density at radius 2 is 1.77 bits per heavy atom. The van der Waals surface area contributed by atoms with Crippen LogP contribution in [0.25, 0.3) is 28.1 Å². The average Bonchev–Trinajstić information content (AvgIpc) is 3.39. The third-order valence-corrected chi connectivity index (χ3v) is 8.19. The van der Waals surface area contributed by atoms with E-state index in [1.807, 2.05) is 56.3 Å². The van der Waals surface area contributed by atoms with Crippen LogP contribution in [-0.2, 0) is 14.8 Å². The molecule has 0 aliphatic carbocycles. The van der Waals surface area contributed by atoms with Crippen LogP contribution in [0, 0.1) is 5.82 Å². The Balaban J connectivity index is 1.68. The summed E-state index contributed by atoms with van der Waals surface area (Å²) in [5.74, 6) is -1.17. The van der Waals surface area contributed by atoms with Gasteiger partial charge in [-0.25, -0.2) is 17.5 Å². The number of unbranched alkanes of at least 4 members (excludes halogenated alkanes) is 2. The number of hydrogen-bond acceptors (Lipinski definition) is 4. The highest BCUT2D eigenvalue weighted by atomic mass is 35.5. The number of amides is 1. The molecule has 0 fully saturated rings. The Labute approximate surface area is 239 Å². The average molecular weight is 580 g/mol. The molecule has 0 radical (unpaired) electrons. The van der Waals surface area contributed by atoms with Crippen molar-refractivity contribution in [2.45, 2.75) is 39.5 Å². The molecule has 4 rings (SSSR count). The zero-order valence-electron chi connectivity index (χ0n) is 22.4. The molecule has 0 atom stereocenters. The number of benzene rings is 3. The highest BCUT2D eigenvalue weighted by Crippen LogP contribution is 2.38. The molecule has 40 heavy (non-hydrogen) atoms. The minimum atomic E-state index is -3.66. The molecule has 0 saturated heterocycles. The van der Waals surface area contributed by atoms with Crippen LogP contribution < -0.4 is 4.72 Å². The smallest absolute Gasteiger partial charge is 0.257 e. The van der Waals surface area contributed by atoms with Gasteiger partial charge in [-0.3, -0.25) is 9.89 Å². The summed E-state index contributed by atoms with van der Waals surface area (Å²) in [5, 5.41) is 8.37. The number of hydrogen-bond donors (Lipinski definition) is 2. The van der Waals surface area contributed by atoms with E-state index in [4.69, 9.17) is 11.6 Å². The van der Waals surface area contributed by atoms with Crippen LogP contribution in [0.2, 0.25) is 5.02 Å². The second-order valence-corrected chi connectivity index (χ2v) is 11.7. The molecule has 1 heterocycles. The summed E-state index contributed by atoms with van der Waals surface area (Å²) in [6.07, 6.45) is 7.37. The minimum absolute atomic E-state index is 0.0767. The van der Waals surface area contributed by atoms with Crippen molar-refractivity contribution in [2.24, 2.45) is 0 Å². The van der Waals surface area contributed by atoms with Crippen LogP contribution >= 0.6 is 11.6 Å². The third-order valence-electron chi connectivity index (χ3n) is 6.54. The number of sulfonamides is 1. The van der Waals surface area contributed by atoms with Crippen LogP contribution in [0.3, 0.4) is 0 Å². The highest BCUT2D eigenvalue weighted by Gasteiger charge is 2.17. The van der Waals surface area contributed by atoms with E-state index < -0.39 is 21.7 Å². The van der Waals surface area contributed by atoms with Crippen LogP contribution in [0.4, 0.5) is 4.39 Å². The predicted octanol–water partition coefficient (Wildman–Crippen LogP) is 7.37. The van der Waals surface area contributed by atoms with Crippen molar-refractivity contribution in [1.29, 1.82) is 0 Å². The Hall–Kier alpha value is -3.75. The van der Waals surface area contributed by atoms with Gasteiger partial charge in [-0.1, -0.05) is 74.7 Å². The topological polar surface area (TPSA) is 91.9 Å². The van der Waals surface area contributed by atoms with Crippen LogP contribution in [0.15, 0.2) is 72.9 Å². The molecule has 0 aliphatic rings. The Kier molecular flexibility index (Phi) is 9.55. The maximum absolute atomic E-state index is 13.9. The van der Waals surface area contributed by atoms with E-state index in [0.717, 1.165) is 57.1 Å². The summed E-state index contributed by atoms with van der Waals surface area (Å²) in [7, 11) is -3.66. The van der Waals surface area contributed by atoms with Crippen molar-refractivity contribution < 1.29 is 17.6 Å². The number of aromatic nitrogens is 2. The van der Waals surface area contributed by atoms with Crippen molar-refractivity contribution in [3.8, 4) is 0 Å². The number of rotatable bonds is 11. The molecule has 3 aromatic carbocycles. The number of nitrogens with zero attached hydrogens (tertiary/aromatic N) is 1. The van der Waals surface area contributed by atoms with Crippen molar-refractivity contribution in [2.75, 3.05) is 5.75 Å². The third kappa shape index (κ3) is 7.25. The predicted molar refractivity (Wildman–Crippen MR) is 161 cm³/mol. The molecular formula is C31H31ClFN3O3S. The van der Waals surface area contributed by atoms with E-state index >= 15 is 0 Å². The van der Waals surface area contributed by atoms with E-state index in [9.17, 15) is 17.6 Å². The number of carbonyl (C=O) groups is 1. The first-order chi connectivity index (χ1) is 19.2. The van der Waals surface area contributed by atoms with E-state index in [1.165, 1.54) is 18.2 Å². The monoisotopic (exact) mass is 579 g/mol. The van der Waals surface area contributed by atoms with Gasteiger partial charge in [0.15, 0.2) is 0 Å². The molecule has 0 bridgehead atoms. The SMILES string of the molecule is CCCCCS(=O)(=O)NC(=O)/C=C/c1ccc(C(=C(CC)c2ccc(F)cc2Cl)c2ccc3[nH]ncc3c2)cc1. The van der Waals surface area contributed by atoms with Crippen molar-refractivity contribution in [1.82, 2.24) is 14.9 Å². The Morgan fingerprint density at radius 1 is 1.02 bits per heavy atom. The number of nitrogens with one attached hydrogen (secondary N) is 2. The molecule has 1 aromatic heterocycles. The second kappa shape index (κ2) is 13.1.